The van der Waals surface area contributed by atoms with Crippen LogP contribution in [-0.2, 0) is 9.59 Å². The second-order valence-corrected chi connectivity index (χ2v) is 6.13. The standard InChI is InChI=1S/C16H21ClN2O3/c1-11(13-6-2-3-7-14(13)17)18-15(20)10-19-8-4-5-12(9-19)16(21)22/h2-3,6-7,11-12H,4-5,8-10H2,1H3,(H,18,20)(H,21,22)/t11-,12-/m0/s1. The fraction of sp³-hybridized carbons (Fsp3) is 0.500. The van der Waals surface area contributed by atoms with Crippen LogP contribution in [0.15, 0.2) is 24.3 Å². The number of amides is 1. The molecule has 120 valence electrons. The molecular formula is C16H21ClN2O3. The van der Waals surface area contributed by atoms with Gasteiger partial charge in [0.2, 0.25) is 5.91 Å². The van der Waals surface area contributed by atoms with E-state index in [1.54, 1.807) is 6.07 Å². The van der Waals surface area contributed by atoms with Gasteiger partial charge < -0.3 is 10.4 Å². The van der Waals surface area contributed by atoms with Crippen LogP contribution in [0.25, 0.3) is 0 Å². The van der Waals surface area contributed by atoms with Crippen LogP contribution >= 0.6 is 11.6 Å². The second-order valence-electron chi connectivity index (χ2n) is 5.72. The lowest BCUT2D eigenvalue weighted by atomic mass is 9.98. The Hall–Kier alpha value is -1.59. The van der Waals surface area contributed by atoms with Crippen LogP contribution in [0, 0.1) is 5.92 Å². The third kappa shape index (κ3) is 4.45. The van der Waals surface area contributed by atoms with Crippen LogP contribution in [0.1, 0.15) is 31.4 Å². The maximum atomic E-state index is 12.1. The van der Waals surface area contributed by atoms with Gasteiger partial charge in [0.25, 0.3) is 0 Å². The zero-order valence-electron chi connectivity index (χ0n) is 12.6. The first kappa shape index (κ1) is 16.8. The molecule has 5 nitrogen and oxygen atoms in total. The zero-order chi connectivity index (χ0) is 16.1. The molecule has 0 aliphatic carbocycles. The van der Waals surface area contributed by atoms with Gasteiger partial charge in [0, 0.05) is 11.6 Å². The lowest BCUT2D eigenvalue weighted by Crippen LogP contribution is -2.44. The van der Waals surface area contributed by atoms with Gasteiger partial charge in [0.15, 0.2) is 0 Å². The van der Waals surface area contributed by atoms with Crippen molar-refractivity contribution in [1.29, 1.82) is 0 Å². The number of hydrogen-bond acceptors (Lipinski definition) is 3. The van der Waals surface area contributed by atoms with E-state index in [1.165, 1.54) is 0 Å². The molecule has 0 unspecified atom stereocenters. The largest absolute Gasteiger partial charge is 0.481 e. The molecule has 1 aliphatic rings. The van der Waals surface area contributed by atoms with E-state index in [1.807, 2.05) is 30.0 Å². The van der Waals surface area contributed by atoms with Crippen molar-refractivity contribution in [3.8, 4) is 0 Å². The van der Waals surface area contributed by atoms with Crippen molar-refractivity contribution >= 4 is 23.5 Å². The summed E-state index contributed by atoms with van der Waals surface area (Å²) in [7, 11) is 0. The fourth-order valence-corrected chi connectivity index (χ4v) is 3.09. The number of benzene rings is 1. The first-order chi connectivity index (χ1) is 10.5. The summed E-state index contributed by atoms with van der Waals surface area (Å²) in [5.74, 6) is -1.27. The Kier molecular flexibility index (Phi) is 5.80. The minimum atomic E-state index is -0.783. The lowest BCUT2D eigenvalue weighted by Gasteiger charge is -2.30. The maximum absolute atomic E-state index is 12.1. The average Bonchev–Trinajstić information content (AvgIpc) is 2.47. The molecule has 1 fully saturated rings. The van der Waals surface area contributed by atoms with Gasteiger partial charge in [0.1, 0.15) is 0 Å². The monoisotopic (exact) mass is 324 g/mol. The van der Waals surface area contributed by atoms with Gasteiger partial charge in [-0.3, -0.25) is 14.5 Å². The van der Waals surface area contributed by atoms with Gasteiger partial charge in [-0.2, -0.15) is 0 Å². The van der Waals surface area contributed by atoms with Gasteiger partial charge in [-0.1, -0.05) is 29.8 Å². The van der Waals surface area contributed by atoms with Gasteiger partial charge in [-0.05, 0) is 37.9 Å². The molecule has 6 heteroatoms. The van der Waals surface area contributed by atoms with Crippen LogP contribution in [0.3, 0.4) is 0 Å². The van der Waals surface area contributed by atoms with Gasteiger partial charge in [0.05, 0.1) is 18.5 Å². The van der Waals surface area contributed by atoms with E-state index in [4.69, 9.17) is 16.7 Å². The molecular weight excluding hydrogens is 304 g/mol. The normalized spacial score (nSPS) is 20.4. The van der Waals surface area contributed by atoms with Crippen molar-refractivity contribution in [3.63, 3.8) is 0 Å². The minimum absolute atomic E-state index is 0.113. The minimum Gasteiger partial charge on any atom is -0.481 e. The van der Waals surface area contributed by atoms with Crippen LogP contribution in [0.4, 0.5) is 0 Å². The van der Waals surface area contributed by atoms with Crippen LogP contribution in [0.2, 0.25) is 5.02 Å². The third-order valence-electron chi connectivity index (χ3n) is 3.97. The molecule has 0 saturated carbocycles. The quantitative estimate of drug-likeness (QED) is 0.872. The number of nitrogens with zero attached hydrogens (tertiary/aromatic N) is 1. The van der Waals surface area contributed by atoms with E-state index in [2.05, 4.69) is 5.32 Å². The van der Waals surface area contributed by atoms with Crippen molar-refractivity contribution in [2.75, 3.05) is 19.6 Å². The number of carbonyl (C=O) groups excluding carboxylic acids is 1. The van der Waals surface area contributed by atoms with E-state index in [-0.39, 0.29) is 24.4 Å². The summed E-state index contributed by atoms with van der Waals surface area (Å²) in [5, 5.41) is 12.6. The van der Waals surface area contributed by atoms with Gasteiger partial charge >= 0.3 is 5.97 Å². The summed E-state index contributed by atoms with van der Waals surface area (Å²) in [5.41, 5.74) is 0.875. The average molecular weight is 325 g/mol. The first-order valence-corrected chi connectivity index (χ1v) is 7.84. The highest BCUT2D eigenvalue weighted by atomic mass is 35.5. The highest BCUT2D eigenvalue weighted by Gasteiger charge is 2.26. The first-order valence-electron chi connectivity index (χ1n) is 7.46. The zero-order valence-corrected chi connectivity index (χ0v) is 13.3. The van der Waals surface area contributed by atoms with E-state index < -0.39 is 5.97 Å². The van der Waals surface area contributed by atoms with Crippen molar-refractivity contribution in [2.24, 2.45) is 5.92 Å². The predicted octanol–water partition coefficient (Wildman–Crippen LogP) is 2.31. The van der Waals surface area contributed by atoms with Crippen molar-refractivity contribution in [1.82, 2.24) is 10.2 Å². The van der Waals surface area contributed by atoms with Crippen LogP contribution < -0.4 is 5.32 Å². The molecule has 1 aromatic rings. The van der Waals surface area contributed by atoms with Crippen molar-refractivity contribution in [3.05, 3.63) is 34.9 Å². The van der Waals surface area contributed by atoms with E-state index in [0.29, 0.717) is 18.0 Å². The molecule has 22 heavy (non-hydrogen) atoms. The Morgan fingerprint density at radius 2 is 2.18 bits per heavy atom. The third-order valence-corrected chi connectivity index (χ3v) is 4.32. The van der Waals surface area contributed by atoms with E-state index >= 15 is 0 Å². The summed E-state index contributed by atoms with van der Waals surface area (Å²) in [6, 6.07) is 7.23. The molecule has 1 saturated heterocycles. The van der Waals surface area contributed by atoms with E-state index in [9.17, 15) is 9.59 Å². The molecule has 1 amide bonds. The number of aliphatic carboxylic acids is 1. The molecule has 0 aromatic heterocycles. The number of carbonyl (C=O) groups is 2. The van der Waals surface area contributed by atoms with Crippen LogP contribution in [-0.4, -0.2) is 41.5 Å². The number of hydrogen-bond donors (Lipinski definition) is 2. The smallest absolute Gasteiger partial charge is 0.307 e. The van der Waals surface area contributed by atoms with Crippen LogP contribution in [0.5, 0.6) is 0 Å². The van der Waals surface area contributed by atoms with Gasteiger partial charge in [-0.25, -0.2) is 0 Å². The number of likely N-dealkylation sites (tertiary alicyclic amines) is 1. The Balaban J connectivity index is 1.87. The molecule has 2 atom stereocenters. The molecule has 0 bridgehead atoms. The number of nitrogens with one attached hydrogen (secondary N) is 1. The number of carboxylic acid groups (broad SMARTS) is 1. The molecule has 1 aromatic carbocycles. The Morgan fingerprint density at radius 3 is 2.86 bits per heavy atom. The SMILES string of the molecule is C[C@H](NC(=O)CN1CCC[C@H](C(=O)O)C1)c1ccccc1Cl. The topological polar surface area (TPSA) is 69.6 Å². The predicted molar refractivity (Wildman–Crippen MR) is 84.8 cm³/mol. The number of halogens is 1. The van der Waals surface area contributed by atoms with E-state index in [0.717, 1.165) is 18.5 Å². The number of carboxylic acids is 1. The Labute approximate surface area is 135 Å². The van der Waals surface area contributed by atoms with Crippen molar-refractivity contribution in [2.45, 2.75) is 25.8 Å². The lowest BCUT2D eigenvalue weighted by molar-refractivity contribution is -0.144. The summed E-state index contributed by atoms with van der Waals surface area (Å²) in [6.45, 7) is 3.30. The van der Waals surface area contributed by atoms with Gasteiger partial charge in [-0.15, -0.1) is 0 Å². The fourth-order valence-electron chi connectivity index (χ4n) is 2.79. The summed E-state index contributed by atoms with van der Waals surface area (Å²) in [6.07, 6.45) is 1.49. The highest BCUT2D eigenvalue weighted by Crippen LogP contribution is 2.22. The van der Waals surface area contributed by atoms with Crippen molar-refractivity contribution < 1.29 is 14.7 Å². The number of piperidine rings is 1. The molecule has 0 spiro atoms. The summed E-state index contributed by atoms with van der Waals surface area (Å²) in [4.78, 5) is 25.1. The highest BCUT2D eigenvalue weighted by molar-refractivity contribution is 6.31. The Bertz CT molecular complexity index is 550. The Morgan fingerprint density at radius 1 is 1.45 bits per heavy atom. The summed E-state index contributed by atoms with van der Waals surface area (Å²) >= 11 is 6.12. The summed E-state index contributed by atoms with van der Waals surface area (Å²) < 4.78 is 0. The molecule has 1 aliphatic heterocycles. The molecule has 0 radical (unpaired) electrons. The molecule has 2 N–H and O–H groups in total. The maximum Gasteiger partial charge on any atom is 0.307 e. The second kappa shape index (κ2) is 7.61. The molecule has 2 rings (SSSR count). The number of rotatable bonds is 5. The molecule has 1 heterocycles.